The summed E-state index contributed by atoms with van der Waals surface area (Å²) in [5.74, 6) is 0. The zero-order valence-electron chi connectivity index (χ0n) is 8.33. The smallest absolute Gasteiger partial charge is 0.0534 e. The van der Waals surface area contributed by atoms with E-state index in [-0.39, 0.29) is 0 Å². The molecule has 0 radical (unpaired) electrons. The summed E-state index contributed by atoms with van der Waals surface area (Å²) in [4.78, 5) is 0. The van der Waals surface area contributed by atoms with Crippen LogP contribution in [0.3, 0.4) is 0 Å². The van der Waals surface area contributed by atoms with E-state index in [0.717, 1.165) is 0 Å². The van der Waals surface area contributed by atoms with E-state index in [4.69, 9.17) is 0 Å². The van der Waals surface area contributed by atoms with Crippen LogP contribution in [0.15, 0.2) is 12.4 Å². The molecule has 72 valence electrons. The largest absolute Gasteiger partial charge is 0.317 e. The lowest BCUT2D eigenvalue weighted by Gasteiger charge is -2.10. The van der Waals surface area contributed by atoms with Gasteiger partial charge in [-0.05, 0) is 38.8 Å². The van der Waals surface area contributed by atoms with Crippen LogP contribution in [0.4, 0.5) is 0 Å². The molecule has 0 aromatic carbocycles. The van der Waals surface area contributed by atoms with Gasteiger partial charge in [-0.3, -0.25) is 4.68 Å². The van der Waals surface area contributed by atoms with Crippen LogP contribution < -0.4 is 5.32 Å². The van der Waals surface area contributed by atoms with Crippen molar-refractivity contribution < 1.29 is 0 Å². The monoisotopic (exact) mass is 179 g/mol. The summed E-state index contributed by atoms with van der Waals surface area (Å²) in [6.07, 6.45) is 7.83. The Morgan fingerprint density at radius 1 is 1.54 bits per heavy atom. The van der Waals surface area contributed by atoms with E-state index in [0.29, 0.717) is 12.1 Å². The summed E-state index contributed by atoms with van der Waals surface area (Å²) in [7, 11) is 2.04. The van der Waals surface area contributed by atoms with Crippen LogP contribution >= 0.6 is 0 Å². The Hall–Kier alpha value is -0.830. The van der Waals surface area contributed by atoms with Crippen LogP contribution in [0.25, 0.3) is 0 Å². The minimum atomic E-state index is 0.617. The van der Waals surface area contributed by atoms with Gasteiger partial charge in [0, 0.05) is 12.2 Å². The number of nitrogens with one attached hydrogen (secondary N) is 1. The Labute approximate surface area is 79.1 Å². The summed E-state index contributed by atoms with van der Waals surface area (Å²) >= 11 is 0. The number of rotatable bonds is 2. The fraction of sp³-hybridized carbons (Fsp3) is 0.700. The third-order valence-electron chi connectivity index (χ3n) is 2.92. The zero-order chi connectivity index (χ0) is 9.26. The van der Waals surface area contributed by atoms with Gasteiger partial charge in [0.1, 0.15) is 0 Å². The maximum absolute atomic E-state index is 4.36. The summed E-state index contributed by atoms with van der Waals surface area (Å²) in [5.41, 5.74) is 1.26. The van der Waals surface area contributed by atoms with E-state index in [9.17, 15) is 0 Å². The van der Waals surface area contributed by atoms with Crippen molar-refractivity contribution >= 4 is 0 Å². The fourth-order valence-electron chi connectivity index (χ4n) is 2.09. The Morgan fingerprint density at radius 2 is 2.38 bits per heavy atom. The summed E-state index contributed by atoms with van der Waals surface area (Å²) < 4.78 is 2.12. The van der Waals surface area contributed by atoms with Crippen molar-refractivity contribution in [3.05, 3.63) is 18.0 Å². The van der Waals surface area contributed by atoms with Crippen molar-refractivity contribution in [3.8, 4) is 0 Å². The molecule has 1 fully saturated rings. The van der Waals surface area contributed by atoms with Crippen molar-refractivity contribution in [2.45, 2.75) is 38.3 Å². The highest BCUT2D eigenvalue weighted by Gasteiger charge is 2.24. The standard InChI is InChI=1S/C10H17N3/c1-8-6-12-13(7-8)10-4-3-9(5-10)11-2/h6-7,9-11H,3-5H2,1-2H3. The molecule has 3 nitrogen and oxygen atoms in total. The first-order valence-corrected chi connectivity index (χ1v) is 4.97. The minimum Gasteiger partial charge on any atom is -0.317 e. The third kappa shape index (κ3) is 1.75. The second kappa shape index (κ2) is 3.50. The van der Waals surface area contributed by atoms with Crippen LogP contribution in [0.1, 0.15) is 30.9 Å². The maximum atomic E-state index is 4.36. The molecule has 1 saturated carbocycles. The third-order valence-corrected chi connectivity index (χ3v) is 2.92. The molecule has 2 unspecified atom stereocenters. The Bertz CT molecular complexity index is 279. The highest BCUT2D eigenvalue weighted by Crippen LogP contribution is 2.29. The first kappa shape index (κ1) is 8.75. The predicted octanol–water partition coefficient (Wildman–Crippen LogP) is 1.50. The molecule has 1 aliphatic carbocycles. The molecular formula is C10H17N3. The van der Waals surface area contributed by atoms with Gasteiger partial charge in [0.2, 0.25) is 0 Å². The summed E-state index contributed by atoms with van der Waals surface area (Å²) in [6, 6.07) is 1.31. The number of hydrogen-bond acceptors (Lipinski definition) is 2. The topological polar surface area (TPSA) is 29.9 Å². The van der Waals surface area contributed by atoms with Gasteiger partial charge in [0.15, 0.2) is 0 Å². The molecule has 1 N–H and O–H groups in total. The van der Waals surface area contributed by atoms with Crippen LogP contribution in [-0.2, 0) is 0 Å². The SMILES string of the molecule is CNC1CCC(n2cc(C)cn2)C1. The van der Waals surface area contributed by atoms with E-state index in [1.54, 1.807) is 0 Å². The molecule has 0 bridgehead atoms. The van der Waals surface area contributed by atoms with Gasteiger partial charge in [-0.2, -0.15) is 5.10 Å². The Balaban J connectivity index is 2.03. The molecule has 3 heteroatoms. The molecule has 1 aromatic rings. The van der Waals surface area contributed by atoms with E-state index in [2.05, 4.69) is 28.2 Å². The Kier molecular flexibility index (Phi) is 2.36. The molecule has 2 atom stereocenters. The molecule has 0 spiro atoms. The molecule has 1 aliphatic rings. The van der Waals surface area contributed by atoms with Crippen LogP contribution in [0, 0.1) is 6.92 Å². The molecule has 0 aliphatic heterocycles. The second-order valence-electron chi connectivity index (χ2n) is 3.95. The van der Waals surface area contributed by atoms with Gasteiger partial charge in [-0.1, -0.05) is 0 Å². The number of hydrogen-bond donors (Lipinski definition) is 1. The molecular weight excluding hydrogens is 162 g/mol. The average molecular weight is 179 g/mol. The van der Waals surface area contributed by atoms with Gasteiger partial charge < -0.3 is 5.32 Å². The Morgan fingerprint density at radius 3 is 2.92 bits per heavy atom. The predicted molar refractivity (Wildman–Crippen MR) is 52.7 cm³/mol. The van der Waals surface area contributed by atoms with Gasteiger partial charge in [-0.15, -0.1) is 0 Å². The highest BCUT2D eigenvalue weighted by atomic mass is 15.3. The molecule has 1 aromatic heterocycles. The van der Waals surface area contributed by atoms with E-state index in [1.165, 1.54) is 24.8 Å². The van der Waals surface area contributed by atoms with Crippen molar-refractivity contribution in [1.29, 1.82) is 0 Å². The lowest BCUT2D eigenvalue weighted by atomic mass is 10.2. The van der Waals surface area contributed by atoms with Crippen molar-refractivity contribution in [2.75, 3.05) is 7.05 Å². The van der Waals surface area contributed by atoms with Crippen LogP contribution in [0.5, 0.6) is 0 Å². The number of nitrogens with zero attached hydrogens (tertiary/aromatic N) is 2. The van der Waals surface area contributed by atoms with E-state index < -0.39 is 0 Å². The minimum absolute atomic E-state index is 0.617. The fourth-order valence-corrected chi connectivity index (χ4v) is 2.09. The van der Waals surface area contributed by atoms with Crippen molar-refractivity contribution in [3.63, 3.8) is 0 Å². The summed E-state index contributed by atoms with van der Waals surface area (Å²) in [5, 5.41) is 7.68. The molecule has 13 heavy (non-hydrogen) atoms. The lowest BCUT2D eigenvalue weighted by Crippen LogP contribution is -2.21. The molecule has 0 saturated heterocycles. The van der Waals surface area contributed by atoms with Gasteiger partial charge in [0.25, 0.3) is 0 Å². The average Bonchev–Trinajstić information content (AvgIpc) is 2.71. The molecule has 2 rings (SSSR count). The second-order valence-corrected chi connectivity index (χ2v) is 3.95. The van der Waals surface area contributed by atoms with Crippen LogP contribution in [0.2, 0.25) is 0 Å². The molecule has 0 amide bonds. The normalized spacial score (nSPS) is 28.2. The highest BCUT2D eigenvalue weighted by molar-refractivity contribution is 5.01. The lowest BCUT2D eigenvalue weighted by molar-refractivity contribution is 0.450. The van der Waals surface area contributed by atoms with Gasteiger partial charge in [-0.25, -0.2) is 0 Å². The van der Waals surface area contributed by atoms with Gasteiger partial charge >= 0.3 is 0 Å². The van der Waals surface area contributed by atoms with E-state index in [1.807, 2.05) is 13.2 Å². The zero-order valence-corrected chi connectivity index (χ0v) is 8.33. The van der Waals surface area contributed by atoms with E-state index >= 15 is 0 Å². The molecule has 1 heterocycles. The van der Waals surface area contributed by atoms with Crippen molar-refractivity contribution in [2.24, 2.45) is 0 Å². The first-order chi connectivity index (χ1) is 6.29. The van der Waals surface area contributed by atoms with Crippen LogP contribution in [-0.4, -0.2) is 22.9 Å². The number of aryl methyl sites for hydroxylation is 1. The quantitative estimate of drug-likeness (QED) is 0.745. The first-order valence-electron chi connectivity index (χ1n) is 4.97. The summed E-state index contributed by atoms with van der Waals surface area (Å²) in [6.45, 7) is 2.09. The number of aromatic nitrogens is 2. The van der Waals surface area contributed by atoms with Gasteiger partial charge in [0.05, 0.1) is 12.2 Å². The maximum Gasteiger partial charge on any atom is 0.0534 e. The van der Waals surface area contributed by atoms with Crippen molar-refractivity contribution in [1.82, 2.24) is 15.1 Å².